The maximum Gasteiger partial charge on any atom is 0.410 e. The summed E-state index contributed by atoms with van der Waals surface area (Å²) in [6.45, 7) is 2.59. The molecule has 0 saturated carbocycles. The van der Waals surface area contributed by atoms with Gasteiger partial charge in [0.1, 0.15) is 6.61 Å². The van der Waals surface area contributed by atoms with E-state index in [1.54, 1.807) is 27.8 Å². The number of nitriles is 1. The third kappa shape index (κ3) is 4.11. The largest absolute Gasteiger partial charge is 0.444 e. The molecular weight excluding hydrogens is 418 g/mol. The van der Waals surface area contributed by atoms with Crippen molar-refractivity contribution in [3.8, 4) is 17.2 Å². The molecule has 0 N–H and O–H groups in total. The Labute approximate surface area is 191 Å². The number of carbonyl (C=O) groups is 1. The highest BCUT2D eigenvalue weighted by Gasteiger charge is 2.24. The Morgan fingerprint density at radius 2 is 1.85 bits per heavy atom. The molecule has 0 unspecified atom stereocenters. The van der Waals surface area contributed by atoms with Crippen molar-refractivity contribution in [1.82, 2.24) is 24.3 Å². The van der Waals surface area contributed by atoms with E-state index >= 15 is 0 Å². The van der Waals surface area contributed by atoms with E-state index in [4.69, 9.17) is 4.74 Å². The Morgan fingerprint density at radius 3 is 2.61 bits per heavy atom. The number of anilines is 1. The maximum atomic E-state index is 12.5. The van der Waals surface area contributed by atoms with Gasteiger partial charge in [0.05, 0.1) is 35.2 Å². The fourth-order valence-corrected chi connectivity index (χ4v) is 4.07. The van der Waals surface area contributed by atoms with Crippen molar-refractivity contribution in [2.45, 2.75) is 6.61 Å². The molecule has 0 atom stereocenters. The van der Waals surface area contributed by atoms with Gasteiger partial charge in [-0.2, -0.15) is 15.5 Å². The number of hydrogen-bond donors (Lipinski definition) is 0. The van der Waals surface area contributed by atoms with Gasteiger partial charge in [-0.3, -0.25) is 4.68 Å². The molecule has 0 radical (unpaired) electrons. The summed E-state index contributed by atoms with van der Waals surface area (Å²) in [7, 11) is 1.90. The van der Waals surface area contributed by atoms with Crippen LogP contribution in [0.15, 0.2) is 61.2 Å². The van der Waals surface area contributed by atoms with Crippen LogP contribution in [0.5, 0.6) is 0 Å². The van der Waals surface area contributed by atoms with E-state index in [9.17, 15) is 10.1 Å². The number of nitrogens with zero attached hydrogens (tertiary/aromatic N) is 7. The van der Waals surface area contributed by atoms with Gasteiger partial charge in [0.25, 0.3) is 0 Å². The lowest BCUT2D eigenvalue weighted by molar-refractivity contribution is 0.0941. The molecule has 4 heterocycles. The van der Waals surface area contributed by atoms with Gasteiger partial charge in [-0.05, 0) is 12.1 Å². The van der Waals surface area contributed by atoms with Crippen molar-refractivity contribution in [3.63, 3.8) is 0 Å². The third-order valence-corrected chi connectivity index (χ3v) is 5.90. The Balaban J connectivity index is 1.22. The van der Waals surface area contributed by atoms with E-state index in [2.05, 4.69) is 33.3 Å². The average Bonchev–Trinajstić information content (AvgIpc) is 3.48. The minimum atomic E-state index is -0.358. The number of hydrogen-bond acceptors (Lipinski definition) is 6. The first kappa shape index (κ1) is 20.6. The third-order valence-electron chi connectivity index (χ3n) is 5.90. The van der Waals surface area contributed by atoms with Crippen molar-refractivity contribution in [3.05, 3.63) is 72.3 Å². The zero-order valence-electron chi connectivity index (χ0n) is 18.3. The smallest absolute Gasteiger partial charge is 0.410 e. The summed E-state index contributed by atoms with van der Waals surface area (Å²) in [6, 6.07) is 13.4. The quantitative estimate of drug-likeness (QED) is 0.483. The van der Waals surface area contributed by atoms with Crippen LogP contribution in [0.3, 0.4) is 0 Å². The molecule has 3 aromatic heterocycles. The number of fused-ring (bicyclic) bond motifs is 1. The zero-order chi connectivity index (χ0) is 22.8. The van der Waals surface area contributed by atoms with Crippen LogP contribution in [0.25, 0.3) is 16.6 Å². The molecule has 0 aliphatic carbocycles. The molecule has 1 saturated heterocycles. The first-order valence-corrected chi connectivity index (χ1v) is 10.7. The molecule has 9 nitrogen and oxygen atoms in total. The highest BCUT2D eigenvalue weighted by atomic mass is 16.6. The summed E-state index contributed by atoms with van der Waals surface area (Å²) in [5, 5.41) is 18.0. The Morgan fingerprint density at radius 1 is 1.03 bits per heavy atom. The van der Waals surface area contributed by atoms with Gasteiger partial charge in [0.15, 0.2) is 0 Å². The lowest BCUT2D eigenvalue weighted by atomic mass is 10.1. The lowest BCUT2D eigenvalue weighted by Crippen LogP contribution is -2.48. The fraction of sp³-hybridized carbons (Fsp3) is 0.250. The molecule has 0 bridgehead atoms. The predicted octanol–water partition coefficient (Wildman–Crippen LogP) is 3.07. The van der Waals surface area contributed by atoms with Gasteiger partial charge in [0.2, 0.25) is 0 Å². The SMILES string of the molecule is Cn1cc(-c2ccc3c(N4CCN(C(=O)OCc5ccccc5C#N)CC4)cnn3c2)cn1. The number of amides is 1. The summed E-state index contributed by atoms with van der Waals surface area (Å²) in [6.07, 6.45) is 7.33. The molecule has 1 aromatic carbocycles. The second-order valence-corrected chi connectivity index (χ2v) is 7.98. The van der Waals surface area contributed by atoms with E-state index < -0.39 is 0 Å². The van der Waals surface area contributed by atoms with Crippen LogP contribution in [0.1, 0.15) is 11.1 Å². The number of pyridine rings is 1. The first-order chi connectivity index (χ1) is 16.1. The van der Waals surface area contributed by atoms with Crippen LogP contribution in [0.4, 0.5) is 10.5 Å². The summed E-state index contributed by atoms with van der Waals surface area (Å²) in [5.41, 5.74) is 5.39. The Hall–Kier alpha value is -4.32. The molecule has 1 fully saturated rings. The van der Waals surface area contributed by atoms with Gasteiger partial charge >= 0.3 is 6.09 Å². The Bertz CT molecular complexity index is 1340. The van der Waals surface area contributed by atoms with Crippen molar-refractivity contribution < 1.29 is 9.53 Å². The van der Waals surface area contributed by atoms with Gasteiger partial charge in [-0.25, -0.2) is 9.31 Å². The average molecular weight is 441 g/mol. The zero-order valence-corrected chi connectivity index (χ0v) is 18.3. The number of piperazine rings is 1. The molecule has 9 heteroatoms. The molecule has 33 heavy (non-hydrogen) atoms. The van der Waals surface area contributed by atoms with Gasteiger partial charge < -0.3 is 14.5 Å². The van der Waals surface area contributed by atoms with E-state index in [1.165, 1.54) is 0 Å². The predicted molar refractivity (Wildman–Crippen MR) is 123 cm³/mol. The number of ether oxygens (including phenoxy) is 1. The molecule has 1 amide bonds. The minimum absolute atomic E-state index is 0.0933. The molecule has 1 aliphatic heterocycles. The van der Waals surface area contributed by atoms with Crippen LogP contribution in [-0.2, 0) is 18.4 Å². The van der Waals surface area contributed by atoms with Crippen molar-refractivity contribution in [1.29, 1.82) is 5.26 Å². The number of aromatic nitrogens is 4. The molecule has 5 rings (SSSR count). The van der Waals surface area contributed by atoms with Crippen LogP contribution in [-0.4, -0.2) is 56.6 Å². The highest BCUT2D eigenvalue weighted by Crippen LogP contribution is 2.26. The molecule has 4 aromatic rings. The van der Waals surface area contributed by atoms with E-state index in [-0.39, 0.29) is 12.7 Å². The van der Waals surface area contributed by atoms with Crippen LogP contribution >= 0.6 is 0 Å². The molecule has 0 spiro atoms. The summed E-state index contributed by atoms with van der Waals surface area (Å²) in [4.78, 5) is 16.5. The number of aryl methyl sites for hydroxylation is 1. The standard InChI is InChI=1S/C24H23N7O2/c1-28-15-21(13-26-28)19-6-7-22-23(14-27-31(22)16-19)29-8-10-30(11-9-29)24(32)33-17-20-5-3-2-4-18(20)12-25/h2-7,13-16H,8-11,17H2,1H3. The van der Waals surface area contributed by atoms with Crippen LogP contribution < -0.4 is 4.90 Å². The highest BCUT2D eigenvalue weighted by molar-refractivity contribution is 5.76. The summed E-state index contributed by atoms with van der Waals surface area (Å²) < 4.78 is 9.12. The van der Waals surface area contributed by atoms with Gasteiger partial charge in [-0.15, -0.1) is 0 Å². The second-order valence-electron chi connectivity index (χ2n) is 7.98. The summed E-state index contributed by atoms with van der Waals surface area (Å²) in [5.74, 6) is 0. The fourth-order valence-electron chi connectivity index (χ4n) is 4.07. The molecule has 1 aliphatic rings. The van der Waals surface area contributed by atoms with Gasteiger partial charge in [0, 0.05) is 62.3 Å². The number of benzene rings is 1. The monoisotopic (exact) mass is 441 g/mol. The van der Waals surface area contributed by atoms with Crippen LogP contribution in [0, 0.1) is 11.3 Å². The van der Waals surface area contributed by atoms with Gasteiger partial charge in [-0.1, -0.05) is 24.3 Å². The number of carbonyl (C=O) groups excluding carboxylic acids is 1. The van der Waals surface area contributed by atoms with E-state index in [1.807, 2.05) is 42.4 Å². The topological polar surface area (TPSA) is 91.7 Å². The van der Waals surface area contributed by atoms with Crippen LogP contribution in [0.2, 0.25) is 0 Å². The first-order valence-electron chi connectivity index (χ1n) is 10.7. The van der Waals surface area contributed by atoms with Crippen molar-refractivity contribution in [2.24, 2.45) is 7.05 Å². The molecule has 166 valence electrons. The Kier molecular flexibility index (Phi) is 5.40. The lowest BCUT2D eigenvalue weighted by Gasteiger charge is -2.34. The maximum absolute atomic E-state index is 12.5. The molecular formula is C24H23N7O2. The second kappa shape index (κ2) is 8.67. The van der Waals surface area contributed by atoms with Crippen molar-refractivity contribution >= 4 is 17.3 Å². The minimum Gasteiger partial charge on any atom is -0.444 e. The number of rotatable bonds is 4. The summed E-state index contributed by atoms with van der Waals surface area (Å²) >= 11 is 0. The normalized spacial score (nSPS) is 13.8. The van der Waals surface area contributed by atoms with Crippen molar-refractivity contribution in [2.75, 3.05) is 31.1 Å². The van der Waals surface area contributed by atoms with E-state index in [0.29, 0.717) is 37.3 Å². The van der Waals surface area contributed by atoms with E-state index in [0.717, 1.165) is 22.3 Å².